The van der Waals surface area contributed by atoms with Crippen molar-refractivity contribution in [2.24, 2.45) is 18.0 Å². The number of rotatable bonds is 8. The second-order valence-corrected chi connectivity index (χ2v) is 6.87. The summed E-state index contributed by atoms with van der Waals surface area (Å²) in [7, 11) is 3.69. The Hall–Kier alpha value is -2.38. The van der Waals surface area contributed by atoms with Gasteiger partial charge in [0.15, 0.2) is 11.6 Å². The number of hydrogen-bond donors (Lipinski definition) is 3. The maximum atomic E-state index is 4.31. The molecule has 0 saturated heterocycles. The number of fused-ring (bicyclic) bond motifs is 1. The van der Waals surface area contributed by atoms with Crippen molar-refractivity contribution in [1.82, 2.24) is 30.4 Å². The van der Waals surface area contributed by atoms with Crippen LogP contribution in [-0.4, -0.2) is 52.4 Å². The third kappa shape index (κ3) is 4.83. The van der Waals surface area contributed by atoms with Gasteiger partial charge in [-0.2, -0.15) is 5.10 Å². The summed E-state index contributed by atoms with van der Waals surface area (Å²) in [4.78, 5) is 12.8. The van der Waals surface area contributed by atoms with Gasteiger partial charge in [0, 0.05) is 33.7 Å². The van der Waals surface area contributed by atoms with Crippen LogP contribution in [0.25, 0.3) is 11.0 Å². The molecular weight excluding hydrogens is 328 g/mol. The highest BCUT2D eigenvalue weighted by Gasteiger charge is 2.14. The summed E-state index contributed by atoms with van der Waals surface area (Å²) < 4.78 is 1.75. The van der Waals surface area contributed by atoms with E-state index in [0.717, 1.165) is 48.4 Å². The highest BCUT2D eigenvalue weighted by atomic mass is 15.3. The third-order valence-corrected chi connectivity index (χ3v) is 5.02. The molecule has 1 saturated carbocycles. The smallest absolute Gasteiger partial charge is 0.191 e. The molecule has 142 valence electrons. The topological polar surface area (TPSA) is 92.1 Å². The lowest BCUT2D eigenvalue weighted by Crippen LogP contribution is -2.40. The molecular formula is C18H30N8. The molecule has 0 bridgehead atoms. The molecule has 3 rings (SSSR count). The normalized spacial score (nSPS) is 15.5. The molecule has 1 aliphatic rings. The molecule has 2 aromatic heterocycles. The maximum Gasteiger partial charge on any atom is 0.191 e. The lowest BCUT2D eigenvalue weighted by Gasteiger charge is -2.14. The number of hydrogen-bond acceptors (Lipinski definition) is 5. The van der Waals surface area contributed by atoms with Crippen molar-refractivity contribution in [3.8, 4) is 0 Å². The van der Waals surface area contributed by atoms with Crippen LogP contribution in [-0.2, 0) is 7.05 Å². The predicted molar refractivity (Wildman–Crippen MR) is 105 cm³/mol. The molecule has 3 N–H and O–H groups in total. The van der Waals surface area contributed by atoms with E-state index in [1.165, 1.54) is 38.5 Å². The molecule has 2 heterocycles. The fourth-order valence-electron chi connectivity index (χ4n) is 3.58. The lowest BCUT2D eigenvalue weighted by atomic mass is 10.0. The molecule has 0 atom stereocenters. The summed E-state index contributed by atoms with van der Waals surface area (Å²) in [6.07, 6.45) is 11.6. The van der Waals surface area contributed by atoms with Crippen molar-refractivity contribution in [2.75, 3.05) is 32.0 Å². The molecule has 26 heavy (non-hydrogen) atoms. The van der Waals surface area contributed by atoms with Gasteiger partial charge in [0.1, 0.15) is 12.1 Å². The summed E-state index contributed by atoms with van der Waals surface area (Å²) in [5, 5.41) is 15.2. The first-order valence-corrected chi connectivity index (χ1v) is 9.59. The zero-order valence-corrected chi connectivity index (χ0v) is 15.8. The van der Waals surface area contributed by atoms with Crippen molar-refractivity contribution in [1.29, 1.82) is 0 Å². The Bertz CT molecular complexity index is 717. The van der Waals surface area contributed by atoms with Gasteiger partial charge >= 0.3 is 0 Å². The van der Waals surface area contributed by atoms with Crippen molar-refractivity contribution in [2.45, 2.75) is 38.5 Å². The molecule has 8 heteroatoms. The number of nitrogens with one attached hydrogen (secondary N) is 3. The molecule has 1 fully saturated rings. The fourth-order valence-corrected chi connectivity index (χ4v) is 3.58. The minimum atomic E-state index is 0.740. The Morgan fingerprint density at radius 2 is 2.00 bits per heavy atom. The second kappa shape index (κ2) is 9.35. The van der Waals surface area contributed by atoms with Crippen LogP contribution < -0.4 is 16.0 Å². The van der Waals surface area contributed by atoms with Crippen LogP contribution in [0.15, 0.2) is 17.5 Å². The van der Waals surface area contributed by atoms with E-state index in [9.17, 15) is 0 Å². The average Bonchev–Trinajstić information content (AvgIpc) is 3.31. The Balaban J connectivity index is 1.35. The molecule has 0 aliphatic heterocycles. The van der Waals surface area contributed by atoms with E-state index in [4.69, 9.17) is 0 Å². The van der Waals surface area contributed by atoms with Crippen LogP contribution in [0.4, 0.5) is 5.82 Å². The standard InChI is InChI=1S/C18H30N8/c1-19-18(21-9-5-8-14-6-3-4-7-14)22-11-10-20-16-15-12-25-26(2)17(15)24-13-23-16/h12-14H,3-11H2,1-2H3,(H2,19,21,22)(H,20,23,24). The van der Waals surface area contributed by atoms with E-state index in [2.05, 4.69) is 36.0 Å². The van der Waals surface area contributed by atoms with Crippen molar-refractivity contribution in [3.63, 3.8) is 0 Å². The highest BCUT2D eigenvalue weighted by molar-refractivity contribution is 5.86. The lowest BCUT2D eigenvalue weighted by molar-refractivity contribution is 0.481. The van der Waals surface area contributed by atoms with Gasteiger partial charge in [0.2, 0.25) is 0 Å². The number of anilines is 1. The number of aryl methyl sites for hydroxylation is 1. The van der Waals surface area contributed by atoms with Gasteiger partial charge in [0.25, 0.3) is 0 Å². The quantitative estimate of drug-likeness (QED) is 0.379. The third-order valence-electron chi connectivity index (χ3n) is 5.02. The first kappa shape index (κ1) is 18.4. The monoisotopic (exact) mass is 358 g/mol. The predicted octanol–water partition coefficient (Wildman–Crippen LogP) is 1.91. The first-order valence-electron chi connectivity index (χ1n) is 9.59. The zero-order valence-electron chi connectivity index (χ0n) is 15.8. The summed E-state index contributed by atoms with van der Waals surface area (Å²) >= 11 is 0. The first-order chi connectivity index (χ1) is 12.8. The van der Waals surface area contributed by atoms with E-state index in [-0.39, 0.29) is 0 Å². The molecule has 0 unspecified atom stereocenters. The second-order valence-electron chi connectivity index (χ2n) is 6.87. The van der Waals surface area contributed by atoms with E-state index < -0.39 is 0 Å². The molecule has 1 aliphatic carbocycles. The SMILES string of the molecule is CN=C(NCCCC1CCCC1)NCCNc1ncnc2c1cnn2C. The molecule has 2 aromatic rings. The number of aliphatic imine (C=N–C) groups is 1. The fraction of sp³-hybridized carbons (Fsp3) is 0.667. The van der Waals surface area contributed by atoms with Crippen molar-refractivity contribution < 1.29 is 0 Å². The summed E-state index contributed by atoms with van der Waals surface area (Å²) in [5.74, 6) is 2.62. The highest BCUT2D eigenvalue weighted by Crippen LogP contribution is 2.28. The summed E-state index contributed by atoms with van der Waals surface area (Å²) in [6, 6.07) is 0. The summed E-state index contributed by atoms with van der Waals surface area (Å²) in [5.41, 5.74) is 0.829. The zero-order chi connectivity index (χ0) is 18.2. The van der Waals surface area contributed by atoms with Crippen molar-refractivity contribution in [3.05, 3.63) is 12.5 Å². The van der Waals surface area contributed by atoms with Crippen molar-refractivity contribution >= 4 is 22.8 Å². The largest absolute Gasteiger partial charge is 0.368 e. The van der Waals surface area contributed by atoms with E-state index in [0.29, 0.717) is 0 Å². The number of nitrogens with zero attached hydrogens (tertiary/aromatic N) is 5. The van der Waals surface area contributed by atoms with Gasteiger partial charge in [0.05, 0.1) is 11.6 Å². The Morgan fingerprint density at radius 1 is 1.19 bits per heavy atom. The van der Waals surface area contributed by atoms with E-state index >= 15 is 0 Å². The maximum absolute atomic E-state index is 4.31. The van der Waals surface area contributed by atoms with Crippen LogP contribution in [0.2, 0.25) is 0 Å². The minimum absolute atomic E-state index is 0.740. The Kier molecular flexibility index (Phi) is 6.62. The Morgan fingerprint density at radius 3 is 2.81 bits per heavy atom. The summed E-state index contributed by atoms with van der Waals surface area (Å²) in [6.45, 7) is 2.48. The number of guanidine groups is 1. The van der Waals surface area contributed by atoms with Gasteiger partial charge in [-0.15, -0.1) is 0 Å². The van der Waals surface area contributed by atoms with Gasteiger partial charge in [-0.25, -0.2) is 9.97 Å². The molecule has 0 radical (unpaired) electrons. The minimum Gasteiger partial charge on any atom is -0.368 e. The Labute approximate surface area is 154 Å². The van der Waals surface area contributed by atoms with Gasteiger partial charge in [-0.1, -0.05) is 25.7 Å². The van der Waals surface area contributed by atoms with E-state index in [1.54, 1.807) is 17.2 Å². The van der Waals surface area contributed by atoms with Crippen LogP contribution in [0.1, 0.15) is 38.5 Å². The van der Waals surface area contributed by atoms with Gasteiger partial charge in [-0.05, 0) is 18.8 Å². The van der Waals surface area contributed by atoms with Crippen LogP contribution in [0.5, 0.6) is 0 Å². The average molecular weight is 358 g/mol. The van der Waals surface area contributed by atoms with Gasteiger partial charge in [-0.3, -0.25) is 9.67 Å². The van der Waals surface area contributed by atoms with E-state index in [1.807, 2.05) is 14.1 Å². The van der Waals surface area contributed by atoms with Crippen LogP contribution >= 0.6 is 0 Å². The molecule has 0 spiro atoms. The number of aromatic nitrogens is 4. The molecule has 0 aromatic carbocycles. The van der Waals surface area contributed by atoms with Crippen LogP contribution in [0.3, 0.4) is 0 Å². The van der Waals surface area contributed by atoms with Gasteiger partial charge < -0.3 is 16.0 Å². The molecule has 0 amide bonds. The van der Waals surface area contributed by atoms with Crippen LogP contribution in [0, 0.1) is 5.92 Å². The molecule has 8 nitrogen and oxygen atoms in total.